The summed E-state index contributed by atoms with van der Waals surface area (Å²) < 4.78 is 28.0. The zero-order valence-corrected chi connectivity index (χ0v) is 11.6. The second kappa shape index (κ2) is 6.04. The van der Waals surface area contributed by atoms with Gasteiger partial charge in [-0.3, -0.25) is 4.79 Å². The van der Waals surface area contributed by atoms with E-state index in [1.54, 1.807) is 4.90 Å². The van der Waals surface area contributed by atoms with Gasteiger partial charge in [-0.05, 0) is 29.0 Å². The van der Waals surface area contributed by atoms with E-state index in [1.807, 2.05) is 0 Å². The Kier molecular flexibility index (Phi) is 3.94. The third-order valence-electron chi connectivity index (χ3n) is 3.50. The summed E-state index contributed by atoms with van der Waals surface area (Å²) in [6, 6.07) is 3.41. The Bertz CT molecular complexity index is 663. The summed E-state index contributed by atoms with van der Waals surface area (Å²) >= 11 is 0. The highest BCUT2D eigenvalue weighted by atomic mass is 19.1. The molecule has 1 saturated heterocycles. The van der Waals surface area contributed by atoms with E-state index in [0.717, 1.165) is 6.07 Å². The summed E-state index contributed by atoms with van der Waals surface area (Å²) in [6.07, 6.45) is 2.05. The highest BCUT2D eigenvalue weighted by Gasteiger charge is 2.25. The zero-order chi connectivity index (χ0) is 15.5. The normalized spacial score (nSPS) is 17.7. The predicted octanol–water partition coefficient (Wildman–Crippen LogP) is 0.346. The fourth-order valence-electron chi connectivity index (χ4n) is 2.51. The van der Waals surface area contributed by atoms with Gasteiger partial charge < -0.3 is 10.2 Å². The van der Waals surface area contributed by atoms with Gasteiger partial charge in [-0.25, -0.2) is 13.5 Å². The first kappa shape index (κ1) is 14.4. The number of aromatic nitrogens is 4. The highest BCUT2D eigenvalue weighted by molar-refractivity contribution is 5.76. The van der Waals surface area contributed by atoms with Gasteiger partial charge in [-0.1, -0.05) is 0 Å². The molecule has 0 bridgehead atoms. The Hall–Kier alpha value is -2.58. The largest absolute Gasteiger partial charge is 0.367 e. The third kappa shape index (κ3) is 3.18. The Morgan fingerprint density at radius 1 is 1.41 bits per heavy atom. The maximum absolute atomic E-state index is 13.7. The van der Waals surface area contributed by atoms with Crippen molar-refractivity contribution in [3.63, 3.8) is 0 Å². The van der Waals surface area contributed by atoms with Crippen molar-refractivity contribution in [2.24, 2.45) is 0 Å². The first-order valence-corrected chi connectivity index (χ1v) is 6.82. The number of benzene rings is 1. The molecule has 1 aromatic heterocycles. The van der Waals surface area contributed by atoms with Crippen molar-refractivity contribution in [3.8, 4) is 0 Å². The smallest absolute Gasteiger partial charge is 0.242 e. The monoisotopic (exact) mass is 308 g/mol. The van der Waals surface area contributed by atoms with Crippen LogP contribution in [0.3, 0.4) is 0 Å². The van der Waals surface area contributed by atoms with Gasteiger partial charge >= 0.3 is 0 Å². The van der Waals surface area contributed by atoms with Gasteiger partial charge in [-0.15, -0.1) is 5.10 Å². The predicted molar refractivity (Wildman–Crippen MR) is 72.9 cm³/mol. The van der Waals surface area contributed by atoms with Gasteiger partial charge in [0.25, 0.3) is 0 Å². The summed E-state index contributed by atoms with van der Waals surface area (Å²) in [6.45, 7) is 1.11. The maximum Gasteiger partial charge on any atom is 0.242 e. The zero-order valence-electron chi connectivity index (χ0n) is 11.6. The van der Waals surface area contributed by atoms with Crippen LogP contribution in [0.25, 0.3) is 0 Å². The Balaban J connectivity index is 1.57. The lowest BCUT2D eigenvalue weighted by Gasteiger charge is -2.19. The quantitative estimate of drug-likeness (QED) is 0.882. The summed E-state index contributed by atoms with van der Waals surface area (Å²) in [4.78, 5) is 13.6. The Morgan fingerprint density at radius 2 is 2.27 bits per heavy atom. The summed E-state index contributed by atoms with van der Waals surface area (Å²) in [5.74, 6) is -1.41. The molecule has 1 N–H and O–H groups in total. The second-order valence-corrected chi connectivity index (χ2v) is 5.10. The standard InChI is InChI=1S/C13H14F2N6O/c14-9-1-2-12(11(15)5-9)20-4-3-10(6-20)17-13(22)7-21-8-16-18-19-21/h1-2,5,8,10H,3-4,6-7H2,(H,17,22). The number of halogens is 2. The molecule has 116 valence electrons. The van der Waals surface area contributed by atoms with Gasteiger partial charge in [0.2, 0.25) is 5.91 Å². The van der Waals surface area contributed by atoms with Crippen LogP contribution in [-0.2, 0) is 11.3 Å². The van der Waals surface area contributed by atoms with E-state index >= 15 is 0 Å². The Labute approximate surface area is 124 Å². The van der Waals surface area contributed by atoms with Crippen LogP contribution in [0.4, 0.5) is 14.5 Å². The van der Waals surface area contributed by atoms with Crippen LogP contribution in [0.1, 0.15) is 6.42 Å². The number of tetrazole rings is 1. The van der Waals surface area contributed by atoms with Gasteiger partial charge in [0.15, 0.2) is 0 Å². The van der Waals surface area contributed by atoms with Crippen molar-refractivity contribution in [1.82, 2.24) is 25.5 Å². The first-order valence-electron chi connectivity index (χ1n) is 6.82. The molecule has 22 heavy (non-hydrogen) atoms. The van der Waals surface area contributed by atoms with E-state index < -0.39 is 11.6 Å². The van der Waals surface area contributed by atoms with Crippen LogP contribution >= 0.6 is 0 Å². The van der Waals surface area contributed by atoms with E-state index in [0.29, 0.717) is 25.2 Å². The van der Waals surface area contributed by atoms with Gasteiger partial charge in [-0.2, -0.15) is 0 Å². The number of rotatable bonds is 4. The van der Waals surface area contributed by atoms with Crippen LogP contribution in [0.2, 0.25) is 0 Å². The lowest BCUT2D eigenvalue weighted by molar-refractivity contribution is -0.122. The molecule has 1 aromatic carbocycles. The van der Waals surface area contributed by atoms with Crippen molar-refractivity contribution < 1.29 is 13.6 Å². The van der Waals surface area contributed by atoms with E-state index in [4.69, 9.17) is 0 Å². The Morgan fingerprint density at radius 3 is 3.00 bits per heavy atom. The summed E-state index contributed by atoms with van der Waals surface area (Å²) in [7, 11) is 0. The average Bonchev–Trinajstić information content (AvgIpc) is 3.10. The van der Waals surface area contributed by atoms with Gasteiger partial charge in [0.05, 0.1) is 5.69 Å². The fourth-order valence-corrected chi connectivity index (χ4v) is 2.51. The SMILES string of the molecule is O=C(Cn1cnnn1)NC1CCN(c2ccc(F)cc2F)C1. The summed E-state index contributed by atoms with van der Waals surface area (Å²) in [5.41, 5.74) is 0.346. The van der Waals surface area contributed by atoms with Crippen molar-refractivity contribution >= 4 is 11.6 Å². The van der Waals surface area contributed by atoms with Crippen molar-refractivity contribution in [1.29, 1.82) is 0 Å². The van der Waals surface area contributed by atoms with Crippen molar-refractivity contribution in [3.05, 3.63) is 36.2 Å². The number of anilines is 1. The number of hydrogen-bond acceptors (Lipinski definition) is 5. The average molecular weight is 308 g/mol. The molecule has 1 fully saturated rings. The molecule has 2 aromatic rings. The number of carbonyl (C=O) groups excluding carboxylic acids is 1. The minimum atomic E-state index is -0.605. The van der Waals surface area contributed by atoms with Crippen LogP contribution in [0, 0.1) is 11.6 Å². The molecule has 2 heterocycles. The topological polar surface area (TPSA) is 75.9 Å². The molecule has 9 heteroatoms. The maximum atomic E-state index is 13.7. The van der Waals surface area contributed by atoms with Crippen molar-refractivity contribution in [2.75, 3.05) is 18.0 Å². The molecular weight excluding hydrogens is 294 g/mol. The second-order valence-electron chi connectivity index (χ2n) is 5.10. The first-order chi connectivity index (χ1) is 10.6. The lowest BCUT2D eigenvalue weighted by Crippen LogP contribution is -2.39. The third-order valence-corrected chi connectivity index (χ3v) is 3.50. The van der Waals surface area contributed by atoms with Gasteiger partial charge in [0.1, 0.15) is 24.5 Å². The molecular formula is C13H14F2N6O. The number of hydrogen-bond donors (Lipinski definition) is 1. The molecule has 0 spiro atoms. The van der Waals surface area contributed by atoms with Crippen molar-refractivity contribution in [2.45, 2.75) is 19.0 Å². The summed E-state index contributed by atoms with van der Waals surface area (Å²) in [5, 5.41) is 13.4. The molecule has 1 aliphatic rings. The van der Waals surface area contributed by atoms with Gasteiger partial charge in [0, 0.05) is 25.2 Å². The number of nitrogens with one attached hydrogen (secondary N) is 1. The molecule has 1 atom stereocenters. The molecule has 0 saturated carbocycles. The minimum absolute atomic E-state index is 0.0361. The molecule has 0 radical (unpaired) electrons. The molecule has 1 aliphatic heterocycles. The fraction of sp³-hybridized carbons (Fsp3) is 0.385. The highest BCUT2D eigenvalue weighted by Crippen LogP contribution is 2.24. The van der Waals surface area contributed by atoms with E-state index in [1.165, 1.54) is 23.1 Å². The molecule has 1 unspecified atom stereocenters. The number of carbonyl (C=O) groups is 1. The van der Waals surface area contributed by atoms with E-state index in [-0.39, 0.29) is 18.5 Å². The van der Waals surface area contributed by atoms with E-state index in [9.17, 15) is 13.6 Å². The van der Waals surface area contributed by atoms with E-state index in [2.05, 4.69) is 20.8 Å². The number of nitrogens with zero attached hydrogens (tertiary/aromatic N) is 5. The van der Waals surface area contributed by atoms with Crippen LogP contribution in [0.5, 0.6) is 0 Å². The molecule has 0 aliphatic carbocycles. The minimum Gasteiger partial charge on any atom is -0.367 e. The number of amides is 1. The lowest BCUT2D eigenvalue weighted by atomic mass is 10.2. The van der Waals surface area contributed by atoms with Crippen LogP contribution in [0.15, 0.2) is 24.5 Å². The molecule has 7 nitrogen and oxygen atoms in total. The van der Waals surface area contributed by atoms with Crippen LogP contribution < -0.4 is 10.2 Å². The molecule has 1 amide bonds. The van der Waals surface area contributed by atoms with Crippen LogP contribution in [-0.4, -0.2) is 45.2 Å². The molecule has 3 rings (SSSR count).